The molecule has 0 aliphatic carbocycles. The largest absolute Gasteiger partial charge is 0.312 e. The lowest BCUT2D eigenvalue weighted by atomic mass is 10.1. The summed E-state index contributed by atoms with van der Waals surface area (Å²) in [6.07, 6.45) is 3.66. The lowest BCUT2D eigenvalue weighted by Crippen LogP contribution is -2.31. The molecule has 0 atom stereocenters. The Hall–Kier alpha value is -1.83. The van der Waals surface area contributed by atoms with Crippen molar-refractivity contribution in [1.29, 1.82) is 0 Å². The van der Waals surface area contributed by atoms with Crippen LogP contribution < -0.4 is 4.90 Å². The predicted octanol–water partition coefficient (Wildman–Crippen LogP) is 4.77. The summed E-state index contributed by atoms with van der Waals surface area (Å²) in [4.78, 5) is 14.3. The fourth-order valence-corrected chi connectivity index (χ4v) is 2.41. The first kappa shape index (κ1) is 14.6. The van der Waals surface area contributed by atoms with Gasteiger partial charge >= 0.3 is 0 Å². The molecule has 2 nitrogen and oxygen atoms in total. The Morgan fingerprint density at radius 2 is 1.75 bits per heavy atom. The minimum Gasteiger partial charge on any atom is -0.312 e. The number of benzene rings is 2. The third-order valence-electron chi connectivity index (χ3n) is 3.54. The van der Waals surface area contributed by atoms with Crippen molar-refractivity contribution in [3.05, 3.63) is 42.5 Å². The Kier molecular flexibility index (Phi) is 5.16. The third kappa shape index (κ3) is 3.38. The average Bonchev–Trinajstić information content (AvgIpc) is 2.48. The van der Waals surface area contributed by atoms with Crippen LogP contribution in [-0.4, -0.2) is 12.5 Å². The molecule has 0 aliphatic heterocycles. The molecule has 0 radical (unpaired) electrons. The van der Waals surface area contributed by atoms with Gasteiger partial charge in [-0.2, -0.15) is 0 Å². The number of amides is 1. The van der Waals surface area contributed by atoms with Gasteiger partial charge in [0.05, 0.1) is 0 Å². The van der Waals surface area contributed by atoms with Crippen LogP contribution in [0, 0.1) is 0 Å². The second-order valence-electron chi connectivity index (χ2n) is 5.18. The SMILES string of the molecule is CCCCN(C(=O)CCC)c1ccc2ccccc2c1. The van der Waals surface area contributed by atoms with Crippen molar-refractivity contribution in [2.75, 3.05) is 11.4 Å². The Morgan fingerprint density at radius 1 is 1.00 bits per heavy atom. The first-order chi connectivity index (χ1) is 9.76. The molecule has 1 amide bonds. The summed E-state index contributed by atoms with van der Waals surface area (Å²) in [5.74, 6) is 0.233. The number of nitrogens with zero attached hydrogens (tertiary/aromatic N) is 1. The summed E-state index contributed by atoms with van der Waals surface area (Å²) in [5, 5.41) is 2.41. The number of hydrogen-bond acceptors (Lipinski definition) is 1. The highest BCUT2D eigenvalue weighted by Gasteiger charge is 2.14. The molecule has 106 valence electrons. The van der Waals surface area contributed by atoms with E-state index in [0.29, 0.717) is 6.42 Å². The van der Waals surface area contributed by atoms with Gasteiger partial charge in [-0.15, -0.1) is 0 Å². The van der Waals surface area contributed by atoms with Crippen LogP contribution in [-0.2, 0) is 4.79 Å². The lowest BCUT2D eigenvalue weighted by Gasteiger charge is -2.23. The standard InChI is InChI=1S/C18H23NO/c1-3-5-13-19(18(20)8-4-2)17-12-11-15-9-6-7-10-16(15)14-17/h6-7,9-12,14H,3-5,8,13H2,1-2H3. The van der Waals surface area contributed by atoms with Gasteiger partial charge in [-0.1, -0.05) is 50.6 Å². The van der Waals surface area contributed by atoms with Crippen LogP contribution in [0.25, 0.3) is 10.8 Å². The van der Waals surface area contributed by atoms with Crippen molar-refractivity contribution in [1.82, 2.24) is 0 Å². The van der Waals surface area contributed by atoms with Crippen LogP contribution in [0.4, 0.5) is 5.69 Å². The van der Waals surface area contributed by atoms with Gasteiger partial charge in [0.25, 0.3) is 0 Å². The maximum absolute atomic E-state index is 12.3. The molecule has 0 aromatic heterocycles. The Bertz CT molecular complexity index is 576. The van der Waals surface area contributed by atoms with Gasteiger partial charge in [-0.05, 0) is 35.7 Å². The minimum absolute atomic E-state index is 0.233. The van der Waals surface area contributed by atoms with Gasteiger partial charge in [-0.3, -0.25) is 4.79 Å². The van der Waals surface area contributed by atoms with E-state index in [1.165, 1.54) is 10.8 Å². The summed E-state index contributed by atoms with van der Waals surface area (Å²) in [5.41, 5.74) is 1.02. The van der Waals surface area contributed by atoms with E-state index in [-0.39, 0.29) is 5.91 Å². The van der Waals surface area contributed by atoms with E-state index in [2.05, 4.69) is 44.2 Å². The van der Waals surface area contributed by atoms with Crippen LogP contribution >= 0.6 is 0 Å². The molecule has 0 heterocycles. The first-order valence-electron chi connectivity index (χ1n) is 7.55. The van der Waals surface area contributed by atoms with Gasteiger partial charge in [0.1, 0.15) is 0 Å². The molecule has 0 saturated heterocycles. The summed E-state index contributed by atoms with van der Waals surface area (Å²) in [6, 6.07) is 14.6. The molecule has 0 unspecified atom stereocenters. The molecule has 0 N–H and O–H groups in total. The number of carbonyl (C=O) groups is 1. The number of unbranched alkanes of at least 4 members (excludes halogenated alkanes) is 1. The van der Waals surface area contributed by atoms with E-state index in [4.69, 9.17) is 0 Å². The summed E-state index contributed by atoms with van der Waals surface area (Å²) < 4.78 is 0. The van der Waals surface area contributed by atoms with Gasteiger partial charge in [0.2, 0.25) is 5.91 Å². The zero-order valence-corrected chi connectivity index (χ0v) is 12.4. The van der Waals surface area contributed by atoms with Crippen LogP contribution in [0.15, 0.2) is 42.5 Å². The second-order valence-corrected chi connectivity index (χ2v) is 5.18. The van der Waals surface area contributed by atoms with Crippen LogP contribution in [0.3, 0.4) is 0 Å². The molecular formula is C18H23NO. The highest BCUT2D eigenvalue weighted by atomic mass is 16.2. The Labute approximate surface area is 121 Å². The van der Waals surface area contributed by atoms with Crippen molar-refractivity contribution < 1.29 is 4.79 Å². The van der Waals surface area contributed by atoms with E-state index in [1.54, 1.807) is 0 Å². The van der Waals surface area contributed by atoms with Gasteiger partial charge in [0, 0.05) is 18.7 Å². The fourth-order valence-electron chi connectivity index (χ4n) is 2.41. The number of anilines is 1. The fraction of sp³-hybridized carbons (Fsp3) is 0.389. The molecule has 0 spiro atoms. The third-order valence-corrected chi connectivity index (χ3v) is 3.54. The van der Waals surface area contributed by atoms with Crippen LogP contribution in [0.2, 0.25) is 0 Å². The molecule has 2 rings (SSSR count). The van der Waals surface area contributed by atoms with Crippen molar-refractivity contribution in [3.63, 3.8) is 0 Å². The minimum atomic E-state index is 0.233. The summed E-state index contributed by atoms with van der Waals surface area (Å²) in [6.45, 7) is 5.02. The van der Waals surface area contributed by atoms with E-state index in [1.807, 2.05) is 17.0 Å². The zero-order valence-electron chi connectivity index (χ0n) is 12.4. The number of rotatable bonds is 6. The predicted molar refractivity (Wildman–Crippen MR) is 86.1 cm³/mol. The van der Waals surface area contributed by atoms with Crippen molar-refractivity contribution in [3.8, 4) is 0 Å². The molecular weight excluding hydrogens is 246 g/mol. The molecule has 2 aromatic rings. The molecule has 2 aromatic carbocycles. The molecule has 0 fully saturated rings. The van der Waals surface area contributed by atoms with Gasteiger partial charge < -0.3 is 4.90 Å². The van der Waals surface area contributed by atoms with E-state index in [9.17, 15) is 4.79 Å². The zero-order chi connectivity index (χ0) is 14.4. The molecule has 0 bridgehead atoms. The van der Waals surface area contributed by atoms with Crippen molar-refractivity contribution in [2.24, 2.45) is 0 Å². The van der Waals surface area contributed by atoms with Gasteiger partial charge in [0.15, 0.2) is 0 Å². The monoisotopic (exact) mass is 269 g/mol. The van der Waals surface area contributed by atoms with Gasteiger partial charge in [-0.25, -0.2) is 0 Å². The highest BCUT2D eigenvalue weighted by molar-refractivity contribution is 5.96. The lowest BCUT2D eigenvalue weighted by molar-refractivity contribution is -0.118. The van der Waals surface area contributed by atoms with E-state index < -0.39 is 0 Å². The maximum Gasteiger partial charge on any atom is 0.226 e. The maximum atomic E-state index is 12.3. The Morgan fingerprint density at radius 3 is 2.45 bits per heavy atom. The quantitative estimate of drug-likeness (QED) is 0.739. The molecule has 0 aliphatic rings. The first-order valence-corrected chi connectivity index (χ1v) is 7.55. The van der Waals surface area contributed by atoms with Crippen molar-refractivity contribution >= 4 is 22.4 Å². The number of carbonyl (C=O) groups excluding carboxylic acids is 1. The normalized spacial score (nSPS) is 10.7. The molecule has 20 heavy (non-hydrogen) atoms. The van der Waals surface area contributed by atoms with Crippen molar-refractivity contribution in [2.45, 2.75) is 39.5 Å². The summed E-state index contributed by atoms with van der Waals surface area (Å²) >= 11 is 0. The Balaban J connectivity index is 2.31. The van der Waals surface area contributed by atoms with Crippen LogP contribution in [0.1, 0.15) is 39.5 Å². The molecule has 0 saturated carbocycles. The van der Waals surface area contributed by atoms with E-state index in [0.717, 1.165) is 31.5 Å². The second kappa shape index (κ2) is 7.09. The average molecular weight is 269 g/mol. The number of hydrogen-bond donors (Lipinski definition) is 0. The van der Waals surface area contributed by atoms with Crippen LogP contribution in [0.5, 0.6) is 0 Å². The molecule has 2 heteroatoms. The van der Waals surface area contributed by atoms with E-state index >= 15 is 0 Å². The smallest absolute Gasteiger partial charge is 0.226 e. The topological polar surface area (TPSA) is 20.3 Å². The summed E-state index contributed by atoms with van der Waals surface area (Å²) in [7, 11) is 0. The highest BCUT2D eigenvalue weighted by Crippen LogP contribution is 2.23. The number of fused-ring (bicyclic) bond motifs is 1.